The second-order valence-electron chi connectivity index (χ2n) is 3.42. The lowest BCUT2D eigenvalue weighted by Gasteiger charge is -2.13. The van der Waals surface area contributed by atoms with Crippen molar-refractivity contribution in [2.45, 2.75) is 12.6 Å². The first-order valence-electron chi connectivity index (χ1n) is 5.11. The molecule has 0 saturated heterocycles. The first kappa shape index (κ1) is 14.7. The van der Waals surface area contributed by atoms with E-state index in [1.807, 2.05) is 0 Å². The Bertz CT molecular complexity index is 410. The third kappa shape index (κ3) is 5.31. The molecule has 0 aliphatic heterocycles. The third-order valence-corrected chi connectivity index (χ3v) is 2.11. The molecule has 0 aromatic heterocycles. The number of alkyl halides is 3. The van der Waals surface area contributed by atoms with E-state index in [1.165, 1.54) is 18.2 Å². The minimum Gasteiger partial charge on any atom is -0.482 e. The average molecular weight is 279 g/mol. The van der Waals surface area contributed by atoms with Crippen molar-refractivity contribution < 1.29 is 22.7 Å². The van der Waals surface area contributed by atoms with Gasteiger partial charge in [0.05, 0.1) is 5.69 Å². The zero-order valence-electron chi connectivity index (χ0n) is 9.33. The van der Waals surface area contributed by atoms with Gasteiger partial charge in [0.1, 0.15) is 5.75 Å². The van der Waals surface area contributed by atoms with E-state index in [0.29, 0.717) is 5.75 Å². The molecule has 0 bridgehead atoms. The van der Waals surface area contributed by atoms with Gasteiger partial charge >= 0.3 is 6.18 Å². The average Bonchev–Trinajstić information content (AvgIpc) is 2.27. The summed E-state index contributed by atoms with van der Waals surface area (Å²) >= 11 is 3.89. The highest BCUT2D eigenvalue weighted by Crippen LogP contribution is 2.26. The fourth-order valence-electron chi connectivity index (χ4n) is 1.17. The first-order valence-corrected chi connectivity index (χ1v) is 5.75. The Labute approximate surface area is 108 Å². The number of carbonyl (C=O) groups is 1. The Morgan fingerprint density at radius 1 is 1.33 bits per heavy atom. The Balaban J connectivity index is 2.70. The van der Waals surface area contributed by atoms with E-state index in [0.717, 1.165) is 0 Å². The molecular weight excluding hydrogens is 267 g/mol. The number of hydrogen-bond acceptors (Lipinski definition) is 3. The first-order chi connectivity index (χ1) is 8.42. The van der Waals surface area contributed by atoms with Crippen LogP contribution in [0.2, 0.25) is 0 Å². The Morgan fingerprint density at radius 2 is 2.00 bits per heavy atom. The standard InChI is InChI=1S/C11H12F3NO2S/c12-11(13,14)7-17-9-4-2-1-3-8(9)15-10(16)5-6-18/h1-4,18H,5-7H2,(H,15,16). The highest BCUT2D eigenvalue weighted by atomic mass is 32.1. The molecule has 7 heteroatoms. The number of thiol groups is 1. The van der Waals surface area contributed by atoms with E-state index in [2.05, 4.69) is 22.7 Å². The maximum absolute atomic E-state index is 12.0. The number of ether oxygens (including phenoxy) is 1. The van der Waals surface area contributed by atoms with Crippen LogP contribution in [0.5, 0.6) is 5.75 Å². The van der Waals surface area contributed by atoms with Crippen molar-refractivity contribution in [1.82, 2.24) is 0 Å². The van der Waals surface area contributed by atoms with Gasteiger partial charge in [-0.25, -0.2) is 0 Å². The lowest BCUT2D eigenvalue weighted by atomic mass is 10.3. The minimum absolute atomic E-state index is 0.0117. The Morgan fingerprint density at radius 3 is 2.61 bits per heavy atom. The SMILES string of the molecule is O=C(CCS)Nc1ccccc1OCC(F)(F)F. The van der Waals surface area contributed by atoms with E-state index in [4.69, 9.17) is 0 Å². The summed E-state index contributed by atoms with van der Waals surface area (Å²) < 4.78 is 40.7. The van der Waals surface area contributed by atoms with Crippen LogP contribution >= 0.6 is 12.6 Å². The van der Waals surface area contributed by atoms with Crippen LogP contribution < -0.4 is 10.1 Å². The molecule has 1 amide bonds. The molecule has 0 saturated carbocycles. The third-order valence-electron chi connectivity index (χ3n) is 1.89. The number of para-hydroxylation sites is 2. The van der Waals surface area contributed by atoms with Crippen molar-refractivity contribution >= 4 is 24.2 Å². The Hall–Kier alpha value is -1.37. The summed E-state index contributed by atoms with van der Waals surface area (Å²) in [6.07, 6.45) is -4.24. The topological polar surface area (TPSA) is 38.3 Å². The quantitative estimate of drug-likeness (QED) is 0.813. The van der Waals surface area contributed by atoms with Gasteiger partial charge < -0.3 is 10.1 Å². The molecule has 1 aromatic carbocycles. The van der Waals surface area contributed by atoms with Gasteiger partial charge in [0.25, 0.3) is 0 Å². The van der Waals surface area contributed by atoms with Gasteiger partial charge in [0.2, 0.25) is 5.91 Å². The summed E-state index contributed by atoms with van der Waals surface area (Å²) in [7, 11) is 0. The summed E-state index contributed by atoms with van der Waals surface area (Å²) in [5.74, 6) is 0.0209. The monoisotopic (exact) mass is 279 g/mol. The fraction of sp³-hybridized carbons (Fsp3) is 0.364. The number of rotatable bonds is 5. The van der Waals surface area contributed by atoms with Crippen LogP contribution in [0.1, 0.15) is 6.42 Å². The molecule has 1 aromatic rings. The fourth-order valence-corrected chi connectivity index (χ4v) is 1.37. The molecule has 0 unspecified atom stereocenters. The number of benzene rings is 1. The number of carbonyl (C=O) groups excluding carboxylic acids is 1. The van der Waals surface area contributed by atoms with E-state index < -0.39 is 12.8 Å². The second-order valence-corrected chi connectivity index (χ2v) is 3.87. The van der Waals surface area contributed by atoms with Gasteiger partial charge in [0, 0.05) is 6.42 Å². The van der Waals surface area contributed by atoms with Crippen LogP contribution in [0.3, 0.4) is 0 Å². The summed E-state index contributed by atoms with van der Waals surface area (Å²) in [5, 5.41) is 2.47. The molecule has 0 heterocycles. The van der Waals surface area contributed by atoms with Crippen LogP contribution in [0, 0.1) is 0 Å². The minimum atomic E-state index is -4.41. The molecule has 18 heavy (non-hydrogen) atoms. The number of hydrogen-bond donors (Lipinski definition) is 2. The van der Waals surface area contributed by atoms with E-state index >= 15 is 0 Å². The predicted molar refractivity (Wildman–Crippen MR) is 65.1 cm³/mol. The predicted octanol–water partition coefficient (Wildman–Crippen LogP) is 2.89. The molecule has 0 radical (unpaired) electrons. The van der Waals surface area contributed by atoms with E-state index in [9.17, 15) is 18.0 Å². The van der Waals surface area contributed by atoms with Crippen LogP contribution in [-0.4, -0.2) is 24.4 Å². The van der Waals surface area contributed by atoms with Gasteiger partial charge in [-0.3, -0.25) is 4.79 Å². The maximum atomic E-state index is 12.0. The van der Waals surface area contributed by atoms with Gasteiger partial charge in [-0.1, -0.05) is 12.1 Å². The van der Waals surface area contributed by atoms with E-state index in [-0.39, 0.29) is 23.8 Å². The van der Waals surface area contributed by atoms with Gasteiger partial charge in [-0.05, 0) is 17.9 Å². The van der Waals surface area contributed by atoms with Crippen molar-refractivity contribution in [3.8, 4) is 5.75 Å². The van der Waals surface area contributed by atoms with Crippen molar-refractivity contribution in [2.24, 2.45) is 0 Å². The smallest absolute Gasteiger partial charge is 0.422 e. The number of halogens is 3. The van der Waals surface area contributed by atoms with Crippen molar-refractivity contribution in [3.63, 3.8) is 0 Å². The Kier molecular flexibility index (Phi) is 5.33. The van der Waals surface area contributed by atoms with Crippen molar-refractivity contribution in [1.29, 1.82) is 0 Å². The molecule has 0 fully saturated rings. The van der Waals surface area contributed by atoms with E-state index in [1.54, 1.807) is 6.07 Å². The van der Waals surface area contributed by atoms with Crippen LogP contribution in [0.4, 0.5) is 18.9 Å². The van der Waals surface area contributed by atoms with Gasteiger partial charge in [0.15, 0.2) is 6.61 Å². The lowest BCUT2D eigenvalue weighted by molar-refractivity contribution is -0.153. The molecule has 0 aliphatic carbocycles. The summed E-state index contributed by atoms with van der Waals surface area (Å²) in [6.45, 7) is -1.40. The summed E-state index contributed by atoms with van der Waals surface area (Å²) in [5.41, 5.74) is 0.216. The molecule has 1 rings (SSSR count). The van der Waals surface area contributed by atoms with Crippen LogP contribution in [0.25, 0.3) is 0 Å². The molecular formula is C11H12F3NO2S. The zero-order chi connectivity index (χ0) is 13.6. The molecule has 100 valence electrons. The van der Waals surface area contributed by atoms with Crippen LogP contribution in [-0.2, 0) is 4.79 Å². The van der Waals surface area contributed by atoms with Crippen molar-refractivity contribution in [2.75, 3.05) is 17.7 Å². The lowest BCUT2D eigenvalue weighted by Crippen LogP contribution is -2.20. The summed E-state index contributed by atoms with van der Waals surface area (Å²) in [4.78, 5) is 11.3. The van der Waals surface area contributed by atoms with Gasteiger partial charge in [-0.15, -0.1) is 0 Å². The highest BCUT2D eigenvalue weighted by molar-refractivity contribution is 7.80. The van der Waals surface area contributed by atoms with Gasteiger partial charge in [-0.2, -0.15) is 25.8 Å². The second kappa shape index (κ2) is 6.53. The van der Waals surface area contributed by atoms with Crippen molar-refractivity contribution in [3.05, 3.63) is 24.3 Å². The maximum Gasteiger partial charge on any atom is 0.422 e. The normalized spacial score (nSPS) is 11.1. The number of anilines is 1. The summed E-state index contributed by atoms with van der Waals surface area (Å²) in [6, 6.07) is 5.96. The van der Waals surface area contributed by atoms with Crippen LogP contribution in [0.15, 0.2) is 24.3 Å². The molecule has 1 N–H and O–H groups in total. The molecule has 0 atom stereocenters. The molecule has 0 spiro atoms. The molecule has 0 aliphatic rings. The molecule has 3 nitrogen and oxygen atoms in total. The zero-order valence-corrected chi connectivity index (χ0v) is 10.2. The number of nitrogens with one attached hydrogen (secondary N) is 1. The largest absolute Gasteiger partial charge is 0.482 e. The highest BCUT2D eigenvalue weighted by Gasteiger charge is 2.28. The number of amides is 1.